The van der Waals surface area contributed by atoms with Crippen molar-refractivity contribution in [2.75, 3.05) is 24.7 Å². The predicted molar refractivity (Wildman–Crippen MR) is 164 cm³/mol. The Bertz CT molecular complexity index is 1230. The van der Waals surface area contributed by atoms with E-state index in [1.807, 2.05) is 0 Å². The number of nitrogen functional groups attached to an aromatic ring is 2. The van der Waals surface area contributed by atoms with Crippen molar-refractivity contribution in [2.45, 2.75) is 90.1 Å². The summed E-state index contributed by atoms with van der Waals surface area (Å²) in [5, 5.41) is 0. The van der Waals surface area contributed by atoms with Crippen molar-refractivity contribution in [3.05, 3.63) is 59.7 Å². The van der Waals surface area contributed by atoms with Crippen LogP contribution in [0.25, 0.3) is 6.08 Å². The van der Waals surface area contributed by atoms with Crippen LogP contribution in [0.2, 0.25) is 0 Å². The lowest BCUT2D eigenvalue weighted by molar-refractivity contribution is -0.289. The fraction of sp³-hybridized carbons (Fsp3) is 0.529. The van der Waals surface area contributed by atoms with Crippen molar-refractivity contribution in [1.82, 2.24) is 0 Å². The Balaban J connectivity index is 1.15. The van der Waals surface area contributed by atoms with Crippen molar-refractivity contribution in [1.29, 1.82) is 0 Å². The van der Waals surface area contributed by atoms with Crippen LogP contribution in [0.4, 0.5) is 20.2 Å². The molecule has 43 heavy (non-hydrogen) atoms. The van der Waals surface area contributed by atoms with E-state index in [1.165, 1.54) is 49.6 Å². The third kappa shape index (κ3) is 8.48. The van der Waals surface area contributed by atoms with E-state index in [2.05, 4.69) is 6.92 Å². The van der Waals surface area contributed by atoms with Gasteiger partial charge in [-0.3, -0.25) is 0 Å². The second-order valence-electron chi connectivity index (χ2n) is 12.2. The molecule has 5 rings (SSSR count). The zero-order valence-corrected chi connectivity index (χ0v) is 25.0. The van der Waals surface area contributed by atoms with Crippen LogP contribution in [-0.2, 0) is 14.3 Å². The number of alkyl halides is 2. The van der Waals surface area contributed by atoms with E-state index in [0.29, 0.717) is 49.0 Å². The number of carbonyl (C=O) groups excluding carboxylic acids is 2. The topological polar surface area (TPSA) is 114 Å². The van der Waals surface area contributed by atoms with Crippen molar-refractivity contribution in [2.24, 2.45) is 10.8 Å². The van der Waals surface area contributed by atoms with Crippen molar-refractivity contribution in [3.8, 4) is 5.75 Å². The Morgan fingerprint density at radius 3 is 2.07 bits per heavy atom. The summed E-state index contributed by atoms with van der Waals surface area (Å²) >= 11 is 0. The molecule has 3 saturated carbocycles. The Morgan fingerprint density at radius 1 is 0.860 bits per heavy atom. The number of nitrogens with two attached hydrogens (primary N) is 2. The number of anilines is 2. The standard InChI is InChI=1S/C34H44F2N2O5/c1-2-3-4-13-32-14-17-33(18-15-32,19-16-32)34(35,36)43-29-10-7-25(8-11-29)9-12-30(39)41-20-5-6-21-42-31(40)26-22-27(37)24-28(38)23-26/h7-12,22-24H,2-6,13-21,37-38H2,1H3/b12-9+. The molecular formula is C34H44F2N2O5. The first-order valence-corrected chi connectivity index (χ1v) is 15.4. The van der Waals surface area contributed by atoms with E-state index in [0.717, 1.165) is 25.7 Å². The van der Waals surface area contributed by atoms with Gasteiger partial charge in [-0.2, -0.15) is 8.78 Å². The van der Waals surface area contributed by atoms with E-state index in [4.69, 9.17) is 25.7 Å². The number of halogens is 2. The molecule has 9 heteroatoms. The van der Waals surface area contributed by atoms with Gasteiger partial charge in [0.1, 0.15) is 5.75 Å². The lowest BCUT2D eigenvalue weighted by Gasteiger charge is -2.55. The number of benzene rings is 2. The minimum absolute atomic E-state index is 0.115. The van der Waals surface area contributed by atoms with Crippen molar-refractivity contribution < 1.29 is 32.6 Å². The summed E-state index contributed by atoms with van der Waals surface area (Å²) in [6, 6.07) is 10.8. The highest BCUT2D eigenvalue weighted by molar-refractivity contribution is 5.91. The van der Waals surface area contributed by atoms with Crippen LogP contribution < -0.4 is 16.2 Å². The van der Waals surface area contributed by atoms with Gasteiger partial charge in [-0.25, -0.2) is 9.59 Å². The number of hydrogen-bond acceptors (Lipinski definition) is 7. The summed E-state index contributed by atoms with van der Waals surface area (Å²) in [5.41, 5.74) is 12.2. The molecule has 3 aliphatic rings. The highest BCUT2D eigenvalue weighted by Gasteiger charge is 2.62. The van der Waals surface area contributed by atoms with Gasteiger partial charge >= 0.3 is 18.0 Å². The van der Waals surface area contributed by atoms with Crippen LogP contribution >= 0.6 is 0 Å². The number of ether oxygens (including phenoxy) is 3. The monoisotopic (exact) mass is 598 g/mol. The molecular weight excluding hydrogens is 554 g/mol. The second kappa shape index (κ2) is 14.2. The van der Waals surface area contributed by atoms with Gasteiger partial charge in [-0.05, 0) is 105 Å². The van der Waals surface area contributed by atoms with Crippen LogP contribution in [0.15, 0.2) is 48.5 Å². The van der Waals surface area contributed by atoms with Gasteiger partial charge in [0.15, 0.2) is 0 Å². The summed E-state index contributed by atoms with van der Waals surface area (Å²) in [7, 11) is 0. The first-order valence-electron chi connectivity index (χ1n) is 15.4. The summed E-state index contributed by atoms with van der Waals surface area (Å²) in [5.74, 6) is -0.936. The van der Waals surface area contributed by atoms with E-state index in [9.17, 15) is 9.59 Å². The maximum Gasteiger partial charge on any atom is 0.403 e. The molecule has 3 aliphatic carbocycles. The first-order chi connectivity index (χ1) is 20.6. The van der Waals surface area contributed by atoms with Gasteiger partial charge in [0.25, 0.3) is 0 Å². The molecule has 2 aromatic carbocycles. The Morgan fingerprint density at radius 2 is 1.47 bits per heavy atom. The Kier molecular flexibility index (Phi) is 10.7. The SMILES string of the molecule is CCCCCC12CCC(C(F)(F)Oc3ccc(/C=C/C(=O)OCCCCOC(=O)c4cc(N)cc(N)c4)cc3)(CC1)CC2. The molecule has 2 aromatic rings. The summed E-state index contributed by atoms with van der Waals surface area (Å²) in [6.07, 6.45) is 9.49. The molecule has 0 amide bonds. The van der Waals surface area contributed by atoms with E-state index in [-0.39, 0.29) is 29.9 Å². The first kappa shape index (κ1) is 32.3. The Labute approximate surface area is 252 Å². The molecule has 0 heterocycles. The molecule has 0 aliphatic heterocycles. The third-order valence-corrected chi connectivity index (χ3v) is 9.10. The lowest BCUT2D eigenvalue weighted by Crippen LogP contribution is -2.53. The molecule has 3 fully saturated rings. The van der Waals surface area contributed by atoms with Gasteiger partial charge in [0.2, 0.25) is 0 Å². The normalized spacial score (nSPS) is 21.6. The summed E-state index contributed by atoms with van der Waals surface area (Å²) in [6.45, 7) is 2.51. The largest absolute Gasteiger partial charge is 0.463 e. The van der Waals surface area contributed by atoms with Gasteiger partial charge in [-0.1, -0.05) is 38.3 Å². The zero-order valence-electron chi connectivity index (χ0n) is 25.0. The smallest absolute Gasteiger partial charge is 0.403 e. The summed E-state index contributed by atoms with van der Waals surface area (Å²) < 4.78 is 46.6. The number of rotatable bonds is 15. The van der Waals surface area contributed by atoms with Gasteiger partial charge < -0.3 is 25.7 Å². The zero-order chi connectivity index (χ0) is 30.9. The number of unbranched alkanes of at least 4 members (excludes halogenated alkanes) is 3. The van der Waals surface area contributed by atoms with E-state index in [1.54, 1.807) is 24.3 Å². The molecule has 0 spiro atoms. The minimum Gasteiger partial charge on any atom is -0.463 e. The van der Waals surface area contributed by atoms with Crippen LogP contribution in [0.1, 0.15) is 99.9 Å². The van der Waals surface area contributed by atoms with Crippen LogP contribution in [0.5, 0.6) is 5.75 Å². The maximum absolute atomic E-state index is 15.5. The Hall–Kier alpha value is -3.62. The lowest BCUT2D eigenvalue weighted by atomic mass is 9.52. The number of esters is 2. The second-order valence-corrected chi connectivity index (χ2v) is 12.2. The maximum atomic E-state index is 15.5. The van der Waals surface area contributed by atoms with Crippen LogP contribution in [0.3, 0.4) is 0 Å². The molecule has 7 nitrogen and oxygen atoms in total. The van der Waals surface area contributed by atoms with Crippen molar-refractivity contribution in [3.63, 3.8) is 0 Å². The number of carbonyl (C=O) groups is 2. The molecule has 0 aromatic heterocycles. The van der Waals surface area contributed by atoms with Gasteiger partial charge in [0.05, 0.1) is 24.2 Å². The van der Waals surface area contributed by atoms with Crippen LogP contribution in [0, 0.1) is 10.8 Å². The average molecular weight is 599 g/mol. The molecule has 0 unspecified atom stereocenters. The molecule has 2 bridgehead atoms. The quantitative estimate of drug-likeness (QED) is 0.0926. The molecule has 234 valence electrons. The van der Waals surface area contributed by atoms with Gasteiger partial charge in [0, 0.05) is 17.5 Å². The van der Waals surface area contributed by atoms with E-state index < -0.39 is 23.5 Å². The molecule has 0 radical (unpaired) electrons. The van der Waals surface area contributed by atoms with E-state index >= 15 is 8.78 Å². The summed E-state index contributed by atoms with van der Waals surface area (Å²) in [4.78, 5) is 24.1. The minimum atomic E-state index is -3.23. The predicted octanol–water partition coefficient (Wildman–Crippen LogP) is 7.94. The third-order valence-electron chi connectivity index (χ3n) is 9.10. The van der Waals surface area contributed by atoms with Crippen LogP contribution in [-0.4, -0.2) is 31.3 Å². The number of fused-ring (bicyclic) bond motifs is 3. The average Bonchev–Trinajstić information content (AvgIpc) is 2.98. The highest BCUT2D eigenvalue weighted by Crippen LogP contribution is 2.63. The van der Waals surface area contributed by atoms with Crippen molar-refractivity contribution >= 4 is 29.4 Å². The highest BCUT2D eigenvalue weighted by atomic mass is 19.3. The molecule has 4 N–H and O–H groups in total. The molecule has 0 saturated heterocycles. The fourth-order valence-corrected chi connectivity index (χ4v) is 6.36. The molecule has 0 atom stereocenters. The fourth-order valence-electron chi connectivity index (χ4n) is 6.36. The number of hydrogen-bond donors (Lipinski definition) is 2. The van der Waals surface area contributed by atoms with Gasteiger partial charge in [-0.15, -0.1) is 0 Å².